The Morgan fingerprint density at radius 1 is 1.36 bits per heavy atom. The van der Waals surface area contributed by atoms with Gasteiger partial charge in [0.05, 0.1) is 20.2 Å². The van der Waals surface area contributed by atoms with Crippen LogP contribution in [-0.2, 0) is 23.8 Å². The molecular weight excluding hydrogens is 286 g/mol. The molecule has 2 fully saturated rings. The number of nitrogens with zero attached hydrogens (tertiary/aromatic N) is 1. The fourth-order valence-corrected chi connectivity index (χ4v) is 2.67. The smallest absolute Gasteiger partial charge is 0.337 e. The number of ether oxygens (including phenoxy) is 3. The van der Waals surface area contributed by atoms with Crippen LogP contribution in [0.4, 0.5) is 0 Å². The van der Waals surface area contributed by atoms with Crippen LogP contribution in [0.3, 0.4) is 0 Å². The lowest BCUT2D eigenvalue weighted by Gasteiger charge is -2.32. The highest BCUT2D eigenvalue weighted by molar-refractivity contribution is 5.75. The minimum absolute atomic E-state index is 0.254. The molecule has 1 aromatic rings. The predicted molar refractivity (Wildman–Crippen MR) is 77.6 cm³/mol. The standard InChI is InChI=1S/C16H19NO5/c1-3-12(11-7-5-4-6-8-11)22-17-9-13-15(16(18)19-2)21-14(10-17)20-13/h3-8,12-15H,1,9-10H2,2H3/t12-,13+,14+,15-/m1/s1. The lowest BCUT2D eigenvalue weighted by Crippen LogP contribution is -2.45. The quantitative estimate of drug-likeness (QED) is 0.606. The maximum Gasteiger partial charge on any atom is 0.337 e. The van der Waals surface area contributed by atoms with Gasteiger partial charge in [-0.15, -0.1) is 6.58 Å². The first kappa shape index (κ1) is 15.2. The zero-order valence-corrected chi connectivity index (χ0v) is 12.4. The number of fused-ring (bicyclic) bond motifs is 2. The second kappa shape index (κ2) is 6.58. The van der Waals surface area contributed by atoms with Gasteiger partial charge in [0.2, 0.25) is 0 Å². The molecule has 2 bridgehead atoms. The number of hydroxylamine groups is 2. The second-order valence-corrected chi connectivity index (χ2v) is 5.20. The van der Waals surface area contributed by atoms with Crippen LogP contribution in [0.15, 0.2) is 43.0 Å². The summed E-state index contributed by atoms with van der Waals surface area (Å²) >= 11 is 0. The number of hydrogen-bond acceptors (Lipinski definition) is 6. The molecule has 1 aromatic carbocycles. The minimum Gasteiger partial charge on any atom is -0.467 e. The number of carbonyl (C=O) groups excluding carboxylic acids is 1. The normalized spacial score (nSPS) is 29.0. The van der Waals surface area contributed by atoms with Crippen LogP contribution < -0.4 is 0 Å². The van der Waals surface area contributed by atoms with Gasteiger partial charge < -0.3 is 14.2 Å². The van der Waals surface area contributed by atoms with E-state index < -0.39 is 18.4 Å². The largest absolute Gasteiger partial charge is 0.467 e. The van der Waals surface area contributed by atoms with E-state index in [1.807, 2.05) is 30.3 Å². The fraction of sp³-hybridized carbons (Fsp3) is 0.438. The van der Waals surface area contributed by atoms with Crippen LogP contribution in [0, 0.1) is 0 Å². The summed E-state index contributed by atoms with van der Waals surface area (Å²) in [6.45, 7) is 4.69. The summed E-state index contributed by atoms with van der Waals surface area (Å²) < 4.78 is 15.9. The summed E-state index contributed by atoms with van der Waals surface area (Å²) in [5.74, 6) is -0.419. The van der Waals surface area contributed by atoms with Crippen molar-refractivity contribution in [2.24, 2.45) is 0 Å². The van der Waals surface area contributed by atoms with Crippen LogP contribution in [0.5, 0.6) is 0 Å². The summed E-state index contributed by atoms with van der Waals surface area (Å²) in [5.41, 5.74) is 1.02. The van der Waals surface area contributed by atoms with E-state index in [9.17, 15) is 4.79 Å². The van der Waals surface area contributed by atoms with Crippen molar-refractivity contribution in [1.29, 1.82) is 0 Å². The number of hydrogen-bond donors (Lipinski definition) is 0. The van der Waals surface area contributed by atoms with Gasteiger partial charge in [-0.05, 0) is 5.56 Å². The third kappa shape index (κ3) is 3.05. The van der Waals surface area contributed by atoms with E-state index in [0.29, 0.717) is 13.1 Å². The topological polar surface area (TPSA) is 57.2 Å². The monoisotopic (exact) mass is 305 g/mol. The molecule has 22 heavy (non-hydrogen) atoms. The maximum atomic E-state index is 11.7. The Balaban J connectivity index is 1.65. The Hall–Kier alpha value is -1.73. The molecule has 0 unspecified atom stereocenters. The number of methoxy groups -OCH3 is 1. The first-order valence-corrected chi connectivity index (χ1v) is 7.19. The molecule has 0 radical (unpaired) electrons. The lowest BCUT2D eigenvalue weighted by molar-refractivity contribution is -0.251. The van der Waals surface area contributed by atoms with Crippen molar-refractivity contribution in [1.82, 2.24) is 5.06 Å². The third-order valence-electron chi connectivity index (χ3n) is 3.74. The van der Waals surface area contributed by atoms with E-state index >= 15 is 0 Å². The molecule has 2 aliphatic rings. The van der Waals surface area contributed by atoms with Gasteiger partial charge >= 0.3 is 5.97 Å². The molecule has 6 heteroatoms. The molecule has 2 aliphatic heterocycles. The molecule has 0 amide bonds. The summed E-state index contributed by atoms with van der Waals surface area (Å²) in [4.78, 5) is 17.6. The number of benzene rings is 1. The highest BCUT2D eigenvalue weighted by Gasteiger charge is 2.47. The molecule has 0 aromatic heterocycles. The van der Waals surface area contributed by atoms with Gasteiger partial charge in [-0.3, -0.25) is 4.84 Å². The van der Waals surface area contributed by atoms with Crippen molar-refractivity contribution < 1.29 is 23.8 Å². The van der Waals surface area contributed by atoms with Gasteiger partial charge in [-0.1, -0.05) is 36.4 Å². The van der Waals surface area contributed by atoms with Gasteiger partial charge in [-0.2, -0.15) is 5.06 Å². The Morgan fingerprint density at radius 3 is 2.82 bits per heavy atom. The van der Waals surface area contributed by atoms with Crippen LogP contribution in [0.25, 0.3) is 0 Å². The van der Waals surface area contributed by atoms with Crippen LogP contribution in [0.1, 0.15) is 11.7 Å². The predicted octanol–water partition coefficient (Wildman–Crippen LogP) is 1.44. The van der Waals surface area contributed by atoms with Crippen LogP contribution in [0.2, 0.25) is 0 Å². The van der Waals surface area contributed by atoms with Crippen molar-refractivity contribution in [2.45, 2.75) is 24.6 Å². The Morgan fingerprint density at radius 2 is 2.14 bits per heavy atom. The number of esters is 1. The van der Waals surface area contributed by atoms with Crippen LogP contribution in [-0.4, -0.2) is 49.7 Å². The average molecular weight is 305 g/mol. The summed E-state index contributed by atoms with van der Waals surface area (Å²) in [5, 5.41) is 1.76. The Labute approximate surface area is 129 Å². The molecule has 2 saturated heterocycles. The molecule has 4 atom stereocenters. The third-order valence-corrected chi connectivity index (χ3v) is 3.74. The molecule has 0 N–H and O–H groups in total. The first-order chi connectivity index (χ1) is 10.7. The highest BCUT2D eigenvalue weighted by atomic mass is 16.8. The number of morpholine rings is 1. The van der Waals surface area contributed by atoms with E-state index in [1.54, 1.807) is 11.1 Å². The van der Waals surface area contributed by atoms with Crippen molar-refractivity contribution in [3.05, 3.63) is 48.6 Å². The van der Waals surface area contributed by atoms with Gasteiger partial charge in [0.15, 0.2) is 12.4 Å². The molecule has 2 heterocycles. The lowest BCUT2D eigenvalue weighted by atomic mass is 10.1. The van der Waals surface area contributed by atoms with E-state index in [-0.39, 0.29) is 12.2 Å². The summed E-state index contributed by atoms with van der Waals surface area (Å²) in [7, 11) is 1.34. The highest BCUT2D eigenvalue weighted by Crippen LogP contribution is 2.29. The van der Waals surface area contributed by atoms with Gasteiger partial charge in [0.25, 0.3) is 0 Å². The molecule has 0 aliphatic carbocycles. The van der Waals surface area contributed by atoms with E-state index in [4.69, 9.17) is 19.0 Å². The SMILES string of the molecule is C=C[C@@H](ON1C[C@H]2O[C@@H](C1)[C@H](C(=O)OC)O2)c1ccccc1. The molecule has 6 nitrogen and oxygen atoms in total. The van der Waals surface area contributed by atoms with E-state index in [0.717, 1.165) is 5.56 Å². The summed E-state index contributed by atoms with van der Waals surface area (Å²) in [6, 6.07) is 9.82. The number of carbonyl (C=O) groups is 1. The molecule has 0 spiro atoms. The maximum absolute atomic E-state index is 11.7. The van der Waals surface area contributed by atoms with Crippen molar-refractivity contribution in [2.75, 3.05) is 20.2 Å². The van der Waals surface area contributed by atoms with Crippen molar-refractivity contribution in [3.8, 4) is 0 Å². The molecular formula is C16H19NO5. The Kier molecular flexibility index (Phi) is 4.54. The van der Waals surface area contributed by atoms with Crippen LogP contribution >= 0.6 is 0 Å². The van der Waals surface area contributed by atoms with E-state index in [1.165, 1.54) is 7.11 Å². The van der Waals surface area contributed by atoms with Gasteiger partial charge in [-0.25, -0.2) is 4.79 Å². The molecule has 118 valence electrons. The van der Waals surface area contributed by atoms with Gasteiger partial charge in [0, 0.05) is 0 Å². The fourth-order valence-electron chi connectivity index (χ4n) is 2.67. The molecule has 3 rings (SSSR count). The number of rotatable bonds is 5. The van der Waals surface area contributed by atoms with Gasteiger partial charge in [0.1, 0.15) is 12.2 Å². The zero-order chi connectivity index (χ0) is 15.5. The first-order valence-electron chi connectivity index (χ1n) is 7.19. The minimum atomic E-state index is -0.692. The second-order valence-electron chi connectivity index (χ2n) is 5.20. The van der Waals surface area contributed by atoms with Crippen molar-refractivity contribution >= 4 is 5.97 Å². The average Bonchev–Trinajstić information content (AvgIpc) is 2.87. The molecule has 0 saturated carbocycles. The van der Waals surface area contributed by atoms with Crippen molar-refractivity contribution in [3.63, 3.8) is 0 Å². The summed E-state index contributed by atoms with van der Waals surface area (Å²) in [6.07, 6.45) is -0.0694. The zero-order valence-electron chi connectivity index (χ0n) is 12.4. The van der Waals surface area contributed by atoms with E-state index in [2.05, 4.69) is 6.58 Å². The Bertz CT molecular complexity index is 535.